The average molecular weight is 351 g/mol. The third-order valence-corrected chi connectivity index (χ3v) is 5.63. The van der Waals surface area contributed by atoms with Crippen molar-refractivity contribution in [2.45, 2.75) is 44.7 Å². The summed E-state index contributed by atoms with van der Waals surface area (Å²) in [5, 5.41) is 1.13. The molecule has 128 valence electrons. The van der Waals surface area contributed by atoms with Gasteiger partial charge in [0.25, 0.3) is 0 Å². The number of benzene rings is 1. The zero-order chi connectivity index (χ0) is 17.1. The van der Waals surface area contributed by atoms with Crippen molar-refractivity contribution in [2.75, 3.05) is 0 Å². The quantitative estimate of drug-likeness (QED) is 0.641. The second kappa shape index (κ2) is 7.31. The summed E-state index contributed by atoms with van der Waals surface area (Å²) in [6, 6.07) is 12.6. The molecular formula is C20H21N3OS. The molecule has 0 bridgehead atoms. The van der Waals surface area contributed by atoms with Crippen LogP contribution in [0.5, 0.6) is 0 Å². The number of carbonyl (C=O) groups is 1. The first-order valence-corrected chi connectivity index (χ1v) is 9.64. The van der Waals surface area contributed by atoms with Crippen LogP contribution < -0.4 is 0 Å². The van der Waals surface area contributed by atoms with Crippen molar-refractivity contribution in [3.63, 3.8) is 0 Å². The van der Waals surface area contributed by atoms with Crippen molar-refractivity contribution in [2.24, 2.45) is 0 Å². The van der Waals surface area contributed by atoms with E-state index in [-0.39, 0.29) is 5.91 Å². The zero-order valence-corrected chi connectivity index (χ0v) is 14.9. The molecule has 4 nitrogen and oxygen atoms in total. The zero-order valence-electron chi connectivity index (χ0n) is 14.1. The van der Waals surface area contributed by atoms with Crippen LogP contribution in [0.1, 0.15) is 36.3 Å². The van der Waals surface area contributed by atoms with Crippen molar-refractivity contribution in [1.82, 2.24) is 14.9 Å². The van der Waals surface area contributed by atoms with Crippen molar-refractivity contribution >= 4 is 27.5 Å². The summed E-state index contributed by atoms with van der Waals surface area (Å²) in [5.41, 5.74) is 2.22. The standard InChI is InChI=1S/C20H21N3OS/c24-20(23(16-8-9-16)14-15-10-12-21-13-11-15)7-3-6-19-22-17-4-1-2-5-18(17)25-19/h1-2,4-5,10-13,16H,3,6-9,14H2. The Morgan fingerprint density at radius 1 is 1.16 bits per heavy atom. The smallest absolute Gasteiger partial charge is 0.223 e. The number of amides is 1. The number of fused-ring (bicyclic) bond motifs is 1. The molecule has 1 aliphatic carbocycles. The molecule has 0 radical (unpaired) electrons. The Balaban J connectivity index is 1.33. The Morgan fingerprint density at radius 3 is 2.72 bits per heavy atom. The summed E-state index contributed by atoms with van der Waals surface area (Å²) in [6.45, 7) is 0.702. The molecule has 0 saturated heterocycles. The van der Waals surface area contributed by atoms with Gasteiger partial charge in [0, 0.05) is 31.4 Å². The molecule has 1 aromatic carbocycles. The number of nitrogens with zero attached hydrogens (tertiary/aromatic N) is 3. The lowest BCUT2D eigenvalue weighted by molar-refractivity contribution is -0.132. The lowest BCUT2D eigenvalue weighted by atomic mass is 10.2. The molecule has 0 spiro atoms. The van der Waals surface area contributed by atoms with E-state index in [1.54, 1.807) is 23.7 Å². The number of hydrogen-bond donors (Lipinski definition) is 0. The molecule has 2 aromatic heterocycles. The lowest BCUT2D eigenvalue weighted by Crippen LogP contribution is -2.32. The van der Waals surface area contributed by atoms with Gasteiger partial charge < -0.3 is 4.90 Å². The van der Waals surface area contributed by atoms with Gasteiger partial charge in [0.05, 0.1) is 15.2 Å². The fourth-order valence-corrected chi connectivity index (χ4v) is 4.06. The molecule has 2 heterocycles. The Labute approximate surface area is 151 Å². The highest BCUT2D eigenvalue weighted by molar-refractivity contribution is 7.18. The van der Waals surface area contributed by atoms with Gasteiger partial charge in [0.15, 0.2) is 0 Å². The van der Waals surface area contributed by atoms with Gasteiger partial charge in [-0.2, -0.15) is 0 Å². The van der Waals surface area contributed by atoms with Gasteiger partial charge >= 0.3 is 0 Å². The van der Waals surface area contributed by atoms with Crippen LogP contribution in [0.3, 0.4) is 0 Å². The Morgan fingerprint density at radius 2 is 1.96 bits per heavy atom. The van der Waals surface area contributed by atoms with Gasteiger partial charge in [0.1, 0.15) is 0 Å². The predicted octanol–water partition coefficient (Wildman–Crippen LogP) is 4.21. The van der Waals surface area contributed by atoms with Crippen molar-refractivity contribution < 1.29 is 4.79 Å². The second-order valence-electron chi connectivity index (χ2n) is 6.54. The van der Waals surface area contributed by atoms with Gasteiger partial charge in [-0.1, -0.05) is 12.1 Å². The molecule has 25 heavy (non-hydrogen) atoms. The number of para-hydroxylation sites is 1. The minimum absolute atomic E-state index is 0.264. The fourth-order valence-electron chi connectivity index (χ4n) is 3.05. The molecule has 5 heteroatoms. The maximum absolute atomic E-state index is 12.7. The summed E-state index contributed by atoms with van der Waals surface area (Å²) in [5.74, 6) is 0.264. The number of aryl methyl sites for hydroxylation is 1. The molecule has 3 aromatic rings. The molecule has 1 amide bonds. The Hall–Kier alpha value is -2.27. The highest BCUT2D eigenvalue weighted by Gasteiger charge is 2.32. The molecule has 0 atom stereocenters. The summed E-state index contributed by atoms with van der Waals surface area (Å²) in [6.07, 6.45) is 8.17. The van der Waals surface area contributed by atoms with Crippen LogP contribution >= 0.6 is 11.3 Å². The van der Waals surface area contributed by atoms with Crippen molar-refractivity contribution in [1.29, 1.82) is 0 Å². The third-order valence-electron chi connectivity index (χ3n) is 4.53. The van der Waals surface area contributed by atoms with Crippen molar-refractivity contribution in [3.8, 4) is 0 Å². The minimum atomic E-state index is 0.264. The minimum Gasteiger partial charge on any atom is -0.335 e. The molecule has 1 aliphatic rings. The van der Waals surface area contributed by atoms with E-state index >= 15 is 0 Å². The van der Waals surface area contributed by atoms with E-state index in [2.05, 4.69) is 16.0 Å². The van der Waals surface area contributed by atoms with E-state index in [4.69, 9.17) is 0 Å². The van der Waals surface area contributed by atoms with E-state index in [0.29, 0.717) is 19.0 Å². The molecule has 0 N–H and O–H groups in total. The molecule has 4 rings (SSSR count). The van der Waals surface area contributed by atoms with Crippen LogP contribution in [0.15, 0.2) is 48.8 Å². The van der Waals surface area contributed by atoms with Gasteiger partial charge in [-0.3, -0.25) is 9.78 Å². The highest BCUT2D eigenvalue weighted by Crippen LogP contribution is 2.29. The molecular weight excluding hydrogens is 330 g/mol. The topological polar surface area (TPSA) is 46.1 Å². The maximum atomic E-state index is 12.7. The van der Waals surface area contributed by atoms with Crippen LogP contribution in [0.2, 0.25) is 0 Å². The maximum Gasteiger partial charge on any atom is 0.223 e. The Kier molecular flexibility index (Phi) is 4.74. The number of aromatic nitrogens is 2. The molecule has 1 fully saturated rings. The molecule has 0 unspecified atom stereocenters. The van der Waals surface area contributed by atoms with Crippen molar-refractivity contribution in [3.05, 3.63) is 59.4 Å². The molecule has 0 aliphatic heterocycles. The van der Waals surface area contributed by atoms with Crippen LogP contribution in [-0.4, -0.2) is 26.8 Å². The van der Waals surface area contributed by atoms with Crippen LogP contribution in [-0.2, 0) is 17.8 Å². The predicted molar refractivity (Wildman–Crippen MR) is 100 cm³/mol. The van der Waals surface area contributed by atoms with Gasteiger partial charge in [-0.15, -0.1) is 11.3 Å². The lowest BCUT2D eigenvalue weighted by Gasteiger charge is -2.22. The average Bonchev–Trinajstić information content (AvgIpc) is 3.39. The fraction of sp³-hybridized carbons (Fsp3) is 0.350. The number of rotatable bonds is 7. The summed E-state index contributed by atoms with van der Waals surface area (Å²) in [7, 11) is 0. The summed E-state index contributed by atoms with van der Waals surface area (Å²) in [4.78, 5) is 23.4. The SMILES string of the molecule is O=C(CCCc1nc2ccccc2s1)N(Cc1ccncc1)C1CC1. The molecule has 1 saturated carbocycles. The van der Waals surface area contributed by atoms with E-state index < -0.39 is 0 Å². The first-order valence-electron chi connectivity index (χ1n) is 8.82. The van der Waals surface area contributed by atoms with Gasteiger partial charge in [-0.25, -0.2) is 4.98 Å². The van der Waals surface area contributed by atoms with E-state index in [1.807, 2.05) is 35.2 Å². The van der Waals surface area contributed by atoms with E-state index in [9.17, 15) is 4.79 Å². The van der Waals surface area contributed by atoms with E-state index in [1.165, 1.54) is 4.70 Å². The second-order valence-corrected chi connectivity index (χ2v) is 7.65. The largest absolute Gasteiger partial charge is 0.335 e. The third kappa shape index (κ3) is 4.04. The number of hydrogen-bond acceptors (Lipinski definition) is 4. The Bertz CT molecular complexity index is 825. The van der Waals surface area contributed by atoms with E-state index in [0.717, 1.165) is 41.8 Å². The number of thiazole rings is 1. The summed E-state index contributed by atoms with van der Waals surface area (Å²) < 4.78 is 1.22. The van der Waals surface area contributed by atoms with Crippen LogP contribution in [0.25, 0.3) is 10.2 Å². The number of carbonyl (C=O) groups excluding carboxylic acids is 1. The first kappa shape index (κ1) is 16.2. The number of pyridine rings is 1. The highest BCUT2D eigenvalue weighted by atomic mass is 32.1. The van der Waals surface area contributed by atoms with Crippen LogP contribution in [0, 0.1) is 0 Å². The summed E-state index contributed by atoms with van der Waals surface area (Å²) >= 11 is 1.74. The monoisotopic (exact) mass is 351 g/mol. The van der Waals surface area contributed by atoms with Gasteiger partial charge in [0.2, 0.25) is 5.91 Å². The normalized spacial score (nSPS) is 13.9. The first-order chi connectivity index (χ1) is 12.3. The van der Waals surface area contributed by atoms with Crippen LogP contribution in [0.4, 0.5) is 0 Å². The van der Waals surface area contributed by atoms with Gasteiger partial charge in [-0.05, 0) is 55.5 Å².